The van der Waals surface area contributed by atoms with E-state index < -0.39 is 0 Å². The molecular formula is C22H23N3O3. The van der Waals surface area contributed by atoms with Crippen LogP contribution in [0.3, 0.4) is 0 Å². The van der Waals surface area contributed by atoms with Gasteiger partial charge in [-0.2, -0.15) is 0 Å². The Morgan fingerprint density at radius 3 is 2.54 bits per heavy atom. The maximum atomic E-state index is 12.9. The number of carbonyl (C=O) groups excluding carboxylic acids is 1. The fourth-order valence-electron chi connectivity index (χ4n) is 3.43. The second-order valence-electron chi connectivity index (χ2n) is 6.80. The number of hydrogen-bond donors (Lipinski definition) is 1. The lowest BCUT2D eigenvalue weighted by Gasteiger charge is -2.32. The van der Waals surface area contributed by atoms with Crippen LogP contribution in [-0.4, -0.2) is 47.1 Å². The molecule has 1 aromatic heterocycles. The highest BCUT2D eigenvalue weighted by Crippen LogP contribution is 2.23. The zero-order chi connectivity index (χ0) is 19.3. The Balaban J connectivity index is 1.35. The van der Waals surface area contributed by atoms with E-state index in [-0.39, 0.29) is 12.0 Å². The summed E-state index contributed by atoms with van der Waals surface area (Å²) in [6.45, 7) is 1.37. The number of benzene rings is 2. The Labute approximate surface area is 164 Å². The maximum Gasteiger partial charge on any atom is 0.253 e. The van der Waals surface area contributed by atoms with Crippen LogP contribution in [0.25, 0.3) is 11.4 Å². The molecule has 0 atom stereocenters. The number of aromatic nitrogens is 2. The zero-order valence-electron chi connectivity index (χ0n) is 15.8. The van der Waals surface area contributed by atoms with Gasteiger partial charge in [-0.15, -0.1) is 0 Å². The van der Waals surface area contributed by atoms with Crippen molar-refractivity contribution in [2.75, 3.05) is 20.2 Å². The molecule has 0 bridgehead atoms. The molecule has 144 valence electrons. The normalized spacial score (nSPS) is 14.7. The molecule has 1 aliphatic rings. The summed E-state index contributed by atoms with van der Waals surface area (Å²) in [7, 11) is 1.65. The molecule has 4 rings (SSSR count). The molecule has 1 N–H and O–H groups in total. The molecule has 28 heavy (non-hydrogen) atoms. The largest absolute Gasteiger partial charge is 0.497 e. The number of piperidine rings is 1. The van der Waals surface area contributed by atoms with Crippen molar-refractivity contribution in [2.45, 2.75) is 18.9 Å². The summed E-state index contributed by atoms with van der Waals surface area (Å²) in [5.74, 6) is 2.46. The van der Waals surface area contributed by atoms with Crippen molar-refractivity contribution in [3.63, 3.8) is 0 Å². The highest BCUT2D eigenvalue weighted by atomic mass is 16.5. The Hall–Kier alpha value is -3.28. The number of likely N-dealkylation sites (tertiary alicyclic amines) is 1. The lowest BCUT2D eigenvalue weighted by atomic mass is 10.0. The average molecular weight is 377 g/mol. The first-order chi connectivity index (χ1) is 13.7. The predicted octanol–water partition coefficient (Wildman–Crippen LogP) is 3.77. The lowest BCUT2D eigenvalue weighted by molar-refractivity contribution is 0.0595. The second kappa shape index (κ2) is 8.17. The van der Waals surface area contributed by atoms with Crippen LogP contribution in [-0.2, 0) is 0 Å². The first kappa shape index (κ1) is 18.1. The Morgan fingerprint density at radius 1 is 1.11 bits per heavy atom. The second-order valence-corrected chi connectivity index (χ2v) is 6.80. The van der Waals surface area contributed by atoms with Gasteiger partial charge in [-0.1, -0.05) is 12.1 Å². The molecule has 1 amide bonds. The molecule has 1 saturated heterocycles. The molecule has 2 heterocycles. The Kier molecular flexibility index (Phi) is 5.28. The number of carbonyl (C=O) groups is 1. The fourth-order valence-corrected chi connectivity index (χ4v) is 3.43. The van der Waals surface area contributed by atoms with Gasteiger partial charge >= 0.3 is 0 Å². The van der Waals surface area contributed by atoms with E-state index in [1.807, 2.05) is 53.4 Å². The van der Waals surface area contributed by atoms with Gasteiger partial charge in [0.25, 0.3) is 5.91 Å². The van der Waals surface area contributed by atoms with Crippen molar-refractivity contribution in [2.24, 2.45) is 0 Å². The van der Waals surface area contributed by atoms with Crippen LogP contribution in [0.1, 0.15) is 23.2 Å². The summed E-state index contributed by atoms with van der Waals surface area (Å²) < 4.78 is 11.2. The third-order valence-corrected chi connectivity index (χ3v) is 4.97. The van der Waals surface area contributed by atoms with Crippen LogP contribution in [0.2, 0.25) is 0 Å². The van der Waals surface area contributed by atoms with E-state index in [1.165, 1.54) is 0 Å². The summed E-state index contributed by atoms with van der Waals surface area (Å²) in [5.41, 5.74) is 1.59. The van der Waals surface area contributed by atoms with Gasteiger partial charge in [-0.25, -0.2) is 4.98 Å². The quantitative estimate of drug-likeness (QED) is 0.735. The molecule has 0 aliphatic carbocycles. The van der Waals surface area contributed by atoms with Gasteiger partial charge in [0.05, 0.1) is 7.11 Å². The van der Waals surface area contributed by atoms with E-state index in [4.69, 9.17) is 9.47 Å². The van der Waals surface area contributed by atoms with Gasteiger partial charge in [0.2, 0.25) is 0 Å². The topological polar surface area (TPSA) is 67.5 Å². The monoisotopic (exact) mass is 377 g/mol. The van der Waals surface area contributed by atoms with Gasteiger partial charge in [0, 0.05) is 49.5 Å². The number of H-pyrrole nitrogens is 1. The fraction of sp³-hybridized carbons (Fsp3) is 0.273. The number of nitrogens with zero attached hydrogens (tertiary/aromatic N) is 2. The summed E-state index contributed by atoms with van der Waals surface area (Å²) in [4.78, 5) is 22.1. The molecule has 0 saturated carbocycles. The third-order valence-electron chi connectivity index (χ3n) is 4.97. The van der Waals surface area contributed by atoms with E-state index in [9.17, 15) is 4.79 Å². The van der Waals surface area contributed by atoms with Crippen molar-refractivity contribution < 1.29 is 14.3 Å². The number of ether oxygens (including phenoxy) is 2. The average Bonchev–Trinajstić information content (AvgIpc) is 3.29. The van der Waals surface area contributed by atoms with E-state index >= 15 is 0 Å². The lowest BCUT2D eigenvalue weighted by Crippen LogP contribution is -2.41. The number of methoxy groups -OCH3 is 1. The minimum atomic E-state index is 0.0521. The highest BCUT2D eigenvalue weighted by Gasteiger charge is 2.25. The van der Waals surface area contributed by atoms with Crippen LogP contribution in [0.15, 0.2) is 60.9 Å². The predicted molar refractivity (Wildman–Crippen MR) is 107 cm³/mol. The highest BCUT2D eigenvalue weighted by molar-refractivity contribution is 5.95. The third kappa shape index (κ3) is 4.01. The van der Waals surface area contributed by atoms with Gasteiger partial charge < -0.3 is 19.4 Å². The smallest absolute Gasteiger partial charge is 0.253 e. The van der Waals surface area contributed by atoms with E-state index in [2.05, 4.69) is 9.97 Å². The van der Waals surface area contributed by atoms with Gasteiger partial charge in [0.15, 0.2) is 0 Å². The molecule has 3 aromatic rings. The van der Waals surface area contributed by atoms with E-state index in [0.717, 1.165) is 35.7 Å². The molecule has 0 spiro atoms. The Bertz CT molecular complexity index is 914. The summed E-state index contributed by atoms with van der Waals surface area (Å²) >= 11 is 0. The number of amides is 1. The van der Waals surface area contributed by atoms with Gasteiger partial charge in [0.1, 0.15) is 23.4 Å². The van der Waals surface area contributed by atoms with Crippen molar-refractivity contribution in [1.29, 1.82) is 0 Å². The standard InChI is InChI=1S/C22H23N3O3/c1-27-18-5-7-19(8-6-18)28-20-9-13-25(14-10-20)22(26)17-4-2-3-16(15-17)21-23-11-12-24-21/h2-8,11-12,15,20H,9-10,13-14H2,1H3,(H,23,24). The van der Waals surface area contributed by atoms with Crippen molar-refractivity contribution in [3.05, 3.63) is 66.5 Å². The van der Waals surface area contributed by atoms with E-state index in [1.54, 1.807) is 19.5 Å². The summed E-state index contributed by atoms with van der Waals surface area (Å²) in [5, 5.41) is 0. The SMILES string of the molecule is COc1ccc(OC2CCN(C(=O)c3cccc(-c4ncc[nH]4)c3)CC2)cc1. The molecule has 1 fully saturated rings. The Morgan fingerprint density at radius 2 is 1.86 bits per heavy atom. The molecule has 2 aromatic carbocycles. The minimum absolute atomic E-state index is 0.0521. The number of hydrogen-bond acceptors (Lipinski definition) is 4. The van der Waals surface area contributed by atoms with Gasteiger partial charge in [-0.3, -0.25) is 4.79 Å². The van der Waals surface area contributed by atoms with Crippen LogP contribution >= 0.6 is 0 Å². The molecule has 6 heteroatoms. The van der Waals surface area contributed by atoms with Crippen LogP contribution in [0.5, 0.6) is 11.5 Å². The molecule has 0 radical (unpaired) electrons. The van der Waals surface area contributed by atoms with Crippen LogP contribution < -0.4 is 9.47 Å². The maximum absolute atomic E-state index is 12.9. The molecule has 6 nitrogen and oxygen atoms in total. The van der Waals surface area contributed by atoms with Crippen LogP contribution in [0, 0.1) is 0 Å². The molecular weight excluding hydrogens is 354 g/mol. The first-order valence-electron chi connectivity index (χ1n) is 9.43. The number of nitrogens with one attached hydrogen (secondary N) is 1. The van der Waals surface area contributed by atoms with Crippen molar-refractivity contribution >= 4 is 5.91 Å². The number of rotatable bonds is 5. The molecule has 1 aliphatic heterocycles. The number of aromatic amines is 1. The summed E-state index contributed by atoms with van der Waals surface area (Å²) in [6.07, 6.45) is 5.23. The minimum Gasteiger partial charge on any atom is -0.497 e. The van der Waals surface area contributed by atoms with E-state index in [0.29, 0.717) is 18.7 Å². The first-order valence-corrected chi connectivity index (χ1v) is 9.43. The van der Waals surface area contributed by atoms with Crippen molar-refractivity contribution in [3.8, 4) is 22.9 Å². The summed E-state index contributed by atoms with van der Waals surface area (Å²) in [6, 6.07) is 15.2. The zero-order valence-corrected chi connectivity index (χ0v) is 15.8. The van der Waals surface area contributed by atoms with Crippen LogP contribution in [0.4, 0.5) is 0 Å². The van der Waals surface area contributed by atoms with Gasteiger partial charge in [-0.05, 0) is 36.4 Å². The molecule has 0 unspecified atom stereocenters. The number of imidazole rings is 1. The van der Waals surface area contributed by atoms with Crippen molar-refractivity contribution in [1.82, 2.24) is 14.9 Å².